The Morgan fingerprint density at radius 2 is 1.12 bits per heavy atom. The maximum Gasteiger partial charge on any atom is 0.407 e. The van der Waals surface area contributed by atoms with E-state index < -0.39 is 24.3 Å². The van der Waals surface area contributed by atoms with Crippen LogP contribution in [-0.4, -0.2) is 120 Å². The molecule has 4 N–H and O–H groups in total. The number of amides is 4. The molecule has 8 rings (SSSR count). The first-order valence-electron chi connectivity index (χ1n) is 23.0. The number of alkyl carbamates (subject to hydrolysis) is 2. The van der Waals surface area contributed by atoms with Gasteiger partial charge in [-0.15, -0.1) is 12.3 Å². The first kappa shape index (κ1) is 46.6. The van der Waals surface area contributed by atoms with Gasteiger partial charge in [0.15, 0.2) is 0 Å². The van der Waals surface area contributed by atoms with Crippen LogP contribution in [0.1, 0.15) is 57.1 Å². The van der Waals surface area contributed by atoms with E-state index in [1.807, 2.05) is 19.1 Å². The lowest BCUT2D eigenvalue weighted by molar-refractivity contribution is -0.137. The van der Waals surface area contributed by atoms with E-state index in [1.165, 1.54) is 14.2 Å². The summed E-state index contributed by atoms with van der Waals surface area (Å²) in [5.41, 5.74) is 3.50. The van der Waals surface area contributed by atoms with E-state index in [0.29, 0.717) is 83.3 Å². The second-order valence-electron chi connectivity index (χ2n) is 17.2. The molecule has 2 fully saturated rings. The van der Waals surface area contributed by atoms with Crippen molar-refractivity contribution in [2.45, 2.75) is 70.6 Å². The van der Waals surface area contributed by atoms with Gasteiger partial charge >= 0.3 is 12.2 Å². The van der Waals surface area contributed by atoms with E-state index in [9.17, 15) is 19.2 Å². The number of carbonyl (C=O) groups is 4. The van der Waals surface area contributed by atoms with Crippen LogP contribution in [0.5, 0.6) is 0 Å². The molecule has 4 aromatic carbocycles. The number of hydrogen-bond donors (Lipinski definition) is 4. The molecular weight excluding hydrogens is 853 g/mol. The number of aromatic nitrogens is 4. The van der Waals surface area contributed by atoms with Gasteiger partial charge in [0, 0.05) is 57.1 Å². The van der Waals surface area contributed by atoms with Crippen LogP contribution in [0.2, 0.25) is 0 Å². The molecule has 4 amide bonds. The molecule has 0 aliphatic carbocycles. The van der Waals surface area contributed by atoms with Gasteiger partial charge in [-0.25, -0.2) is 19.6 Å². The third-order valence-electron chi connectivity index (χ3n) is 13.0. The predicted molar refractivity (Wildman–Crippen MR) is 254 cm³/mol. The molecule has 350 valence electrons. The van der Waals surface area contributed by atoms with Crippen LogP contribution in [0, 0.1) is 24.2 Å². The van der Waals surface area contributed by atoms with Crippen LogP contribution >= 0.6 is 0 Å². The summed E-state index contributed by atoms with van der Waals surface area (Å²) < 4.78 is 20.8. The Kier molecular flexibility index (Phi) is 15.0. The highest BCUT2D eigenvalue weighted by Crippen LogP contribution is 2.39. The van der Waals surface area contributed by atoms with Crippen LogP contribution in [0.15, 0.2) is 73.1 Å². The number of nitrogens with zero attached hydrogens (tertiary/aromatic N) is 4. The van der Waals surface area contributed by atoms with E-state index in [4.69, 9.17) is 35.3 Å². The molecule has 4 heterocycles. The summed E-state index contributed by atoms with van der Waals surface area (Å²) in [6, 6.07) is 19.6. The minimum absolute atomic E-state index is 0.0639. The summed E-state index contributed by atoms with van der Waals surface area (Å²) in [7, 11) is 2.58. The van der Waals surface area contributed by atoms with Crippen molar-refractivity contribution in [2.75, 3.05) is 53.7 Å². The molecule has 16 heteroatoms. The Morgan fingerprint density at radius 3 is 1.54 bits per heavy atom. The van der Waals surface area contributed by atoms with E-state index in [2.05, 4.69) is 75.1 Å². The number of methoxy groups -OCH3 is 2. The number of ether oxygens (including phenoxy) is 4. The van der Waals surface area contributed by atoms with Gasteiger partial charge in [-0.1, -0.05) is 55.5 Å². The first-order chi connectivity index (χ1) is 32.7. The van der Waals surface area contributed by atoms with Gasteiger partial charge < -0.3 is 49.3 Å². The van der Waals surface area contributed by atoms with Crippen molar-refractivity contribution in [3.63, 3.8) is 0 Å². The number of fused-ring (bicyclic) bond motifs is 6. The van der Waals surface area contributed by atoms with E-state index in [0.717, 1.165) is 61.3 Å². The van der Waals surface area contributed by atoms with Gasteiger partial charge in [0.2, 0.25) is 11.8 Å². The Morgan fingerprint density at radius 1 is 0.687 bits per heavy atom. The molecular formula is C51H58N8O8. The molecule has 6 aromatic rings. The normalized spacial score (nSPS) is 15.4. The second kappa shape index (κ2) is 21.6. The molecule has 16 nitrogen and oxygen atoms in total. The number of terminal acetylenes is 1. The molecule has 0 bridgehead atoms. The number of imidazole rings is 2. The van der Waals surface area contributed by atoms with Crippen molar-refractivity contribution in [3.05, 3.63) is 84.7 Å². The minimum Gasteiger partial charge on any atom is -0.453 e. The molecule has 2 aromatic heterocycles. The van der Waals surface area contributed by atoms with Crippen LogP contribution < -0.4 is 10.6 Å². The van der Waals surface area contributed by atoms with Gasteiger partial charge in [-0.3, -0.25) is 9.59 Å². The molecule has 2 atom stereocenters. The highest BCUT2D eigenvalue weighted by Gasteiger charge is 2.36. The third-order valence-corrected chi connectivity index (χ3v) is 13.0. The molecule has 2 saturated heterocycles. The van der Waals surface area contributed by atoms with Gasteiger partial charge in [0.25, 0.3) is 0 Å². The Bertz CT molecular complexity index is 2750. The van der Waals surface area contributed by atoms with Crippen molar-refractivity contribution in [1.29, 1.82) is 0 Å². The van der Waals surface area contributed by atoms with E-state index in [1.54, 1.807) is 22.2 Å². The van der Waals surface area contributed by atoms with Crippen molar-refractivity contribution in [1.82, 2.24) is 40.4 Å². The Hall–Kier alpha value is -6.96. The zero-order chi connectivity index (χ0) is 46.9. The number of rotatable bonds is 16. The maximum atomic E-state index is 14.1. The number of benzene rings is 4. The van der Waals surface area contributed by atoms with E-state index in [-0.39, 0.29) is 36.7 Å². The van der Waals surface area contributed by atoms with Crippen molar-refractivity contribution in [3.8, 4) is 34.9 Å². The quantitative estimate of drug-likeness (QED) is 0.0565. The summed E-state index contributed by atoms with van der Waals surface area (Å²) in [5, 5.41) is 12.1. The molecule has 67 heavy (non-hydrogen) atoms. The Balaban J connectivity index is 1.04. The average molecular weight is 911 g/mol. The van der Waals surface area contributed by atoms with Crippen LogP contribution in [0.4, 0.5) is 9.59 Å². The molecule has 2 aliphatic rings. The molecule has 0 spiro atoms. The number of aromatic amines is 2. The lowest BCUT2D eigenvalue weighted by Gasteiger charge is -2.33. The molecule has 0 unspecified atom stereocenters. The lowest BCUT2D eigenvalue weighted by Crippen LogP contribution is -2.53. The van der Waals surface area contributed by atoms with Crippen molar-refractivity contribution < 1.29 is 38.1 Å². The van der Waals surface area contributed by atoms with Gasteiger partial charge in [0.1, 0.15) is 23.7 Å². The molecule has 0 saturated carbocycles. The fourth-order valence-electron chi connectivity index (χ4n) is 9.46. The smallest absolute Gasteiger partial charge is 0.407 e. The number of nitrogens with one attached hydrogen (secondary N) is 4. The number of hydrogen-bond acceptors (Lipinski definition) is 10. The zero-order valence-electron chi connectivity index (χ0n) is 38.3. The summed E-state index contributed by atoms with van der Waals surface area (Å²) in [6.07, 6.45) is 11.6. The predicted octanol–water partition coefficient (Wildman–Crippen LogP) is 7.32. The summed E-state index contributed by atoms with van der Waals surface area (Å²) in [5.74, 6) is 3.27. The minimum atomic E-state index is -0.793. The average Bonchev–Trinajstić information content (AvgIpc) is 4.06. The largest absolute Gasteiger partial charge is 0.453 e. The summed E-state index contributed by atoms with van der Waals surface area (Å²) in [4.78, 5) is 72.7. The third kappa shape index (κ3) is 10.5. The fraction of sp³-hybridized carbons (Fsp3) is 0.412. The highest BCUT2D eigenvalue weighted by molar-refractivity contribution is 6.26. The fourth-order valence-corrected chi connectivity index (χ4v) is 9.46. The standard InChI is InChI=1S/C51H58N8O8/c1-5-7-21-59(49(61)47(57-51(63)65-4)33-18-24-67-25-19-33)31-45-53-29-43(55-45)35-13-15-39-38-14-12-34(26-40(38)36-10-8-9-11-37(36)41(39)27-35)42-28-52-44(54-42)30-58(20-6-2)48(60)46(56-50(62)64-3)32-16-22-66-23-17-32/h1,8-15,26-29,32-33,46-47H,6-7,16-25,30-31H2,2-4H3,(H,52,54)(H,53,55)(H,56,62)(H,57,63)/t46-,47-/m0/s1. The molecule has 2 aliphatic heterocycles. The van der Waals surface area contributed by atoms with Gasteiger partial charge in [-0.2, -0.15) is 0 Å². The number of H-pyrrole nitrogens is 2. The van der Waals surface area contributed by atoms with Gasteiger partial charge in [-0.05, 0) is 88.4 Å². The van der Waals surface area contributed by atoms with Crippen molar-refractivity contribution >= 4 is 56.3 Å². The van der Waals surface area contributed by atoms with Crippen LogP contribution in [0.25, 0.3) is 54.8 Å². The first-order valence-corrected chi connectivity index (χ1v) is 23.0. The second-order valence-corrected chi connectivity index (χ2v) is 17.2. The van der Waals surface area contributed by atoms with E-state index >= 15 is 0 Å². The number of carbonyl (C=O) groups excluding carboxylic acids is 4. The van der Waals surface area contributed by atoms with Crippen molar-refractivity contribution in [2.24, 2.45) is 11.8 Å². The van der Waals surface area contributed by atoms with Crippen LogP contribution in [0.3, 0.4) is 0 Å². The Labute approximate surface area is 389 Å². The zero-order valence-corrected chi connectivity index (χ0v) is 38.3. The lowest BCUT2D eigenvalue weighted by atomic mass is 9.90. The molecule has 0 radical (unpaired) electrons. The van der Waals surface area contributed by atoms with Gasteiger partial charge in [0.05, 0.1) is 51.1 Å². The topological polar surface area (TPSA) is 193 Å². The van der Waals surface area contributed by atoms with Crippen LogP contribution in [-0.2, 0) is 41.6 Å². The highest BCUT2D eigenvalue weighted by atomic mass is 16.5. The SMILES string of the molecule is C#CCCN(Cc1ncc(-c2ccc3c4ccc(-c5cnc(CN(CCC)C(=O)[C@@H](NC(=O)OC)C6CCOCC6)[nH]5)cc4c4ccccc4c3c2)[nH]1)C(=O)[C@@H](NC(=O)OC)C1CCOCC1. The summed E-state index contributed by atoms with van der Waals surface area (Å²) in [6.45, 7) is 5.33. The summed E-state index contributed by atoms with van der Waals surface area (Å²) >= 11 is 0. The monoisotopic (exact) mass is 910 g/mol. The maximum absolute atomic E-state index is 14.1.